The largest absolute Gasteiger partial charge is 0.390 e. The Balaban J connectivity index is 1.62. The molecule has 3 aromatic rings. The van der Waals surface area contributed by atoms with Crippen LogP contribution < -0.4 is 5.32 Å². The first-order chi connectivity index (χ1) is 13.2. The number of amides is 1. The van der Waals surface area contributed by atoms with Crippen LogP contribution in [-0.2, 0) is 30.2 Å². The average molecular weight is 382 g/mol. The van der Waals surface area contributed by atoms with Crippen molar-refractivity contribution in [1.29, 1.82) is 0 Å². The molecule has 0 aliphatic rings. The summed E-state index contributed by atoms with van der Waals surface area (Å²) in [5.41, 5.74) is 4.10. The minimum Gasteiger partial charge on any atom is -0.390 e. The van der Waals surface area contributed by atoms with Gasteiger partial charge in [-0.2, -0.15) is 0 Å². The monoisotopic (exact) mass is 381 g/mol. The molecule has 0 saturated carbocycles. The smallest absolute Gasteiger partial charge is 0.240 e. The van der Waals surface area contributed by atoms with Crippen molar-refractivity contribution in [2.45, 2.75) is 37.5 Å². The first-order valence-electron chi connectivity index (χ1n) is 8.80. The van der Waals surface area contributed by atoms with Gasteiger partial charge in [-0.05, 0) is 18.1 Å². The molecule has 0 saturated heterocycles. The van der Waals surface area contributed by atoms with Gasteiger partial charge in [-0.25, -0.2) is 4.98 Å². The first kappa shape index (κ1) is 19.2. The number of nitrogens with one attached hydrogen (secondary N) is 1. The Morgan fingerprint density at radius 2 is 1.85 bits per heavy atom. The van der Waals surface area contributed by atoms with Crippen molar-refractivity contribution in [2.24, 2.45) is 0 Å². The maximum Gasteiger partial charge on any atom is 0.240 e. The molecular weight excluding hydrogens is 358 g/mol. The third-order valence-corrected chi connectivity index (χ3v) is 5.25. The highest BCUT2D eigenvalue weighted by molar-refractivity contribution is 7.98. The summed E-state index contributed by atoms with van der Waals surface area (Å²) in [6, 6.07) is 18.1. The van der Waals surface area contributed by atoms with Crippen molar-refractivity contribution in [3.63, 3.8) is 0 Å². The third-order valence-electron chi connectivity index (χ3n) is 4.19. The van der Waals surface area contributed by atoms with Gasteiger partial charge in [0.2, 0.25) is 5.91 Å². The van der Waals surface area contributed by atoms with E-state index in [2.05, 4.69) is 41.5 Å². The normalized spacial score (nSPS) is 10.7. The van der Waals surface area contributed by atoms with Crippen LogP contribution in [0.2, 0.25) is 0 Å². The number of rotatable bonds is 8. The number of carbonyl (C=O) groups excluding carboxylic acids is 1. The lowest BCUT2D eigenvalue weighted by Crippen LogP contribution is -2.28. The molecule has 6 heteroatoms. The number of aromatic nitrogens is 2. The van der Waals surface area contributed by atoms with Crippen molar-refractivity contribution in [3.05, 3.63) is 83.2 Å². The third kappa shape index (κ3) is 5.45. The van der Waals surface area contributed by atoms with Crippen molar-refractivity contribution < 1.29 is 9.90 Å². The Hall–Kier alpha value is -2.57. The number of aryl methyl sites for hydroxylation is 1. The quantitative estimate of drug-likeness (QED) is 0.588. The number of aliphatic hydroxyl groups is 1. The first-order valence-corrected chi connectivity index (χ1v) is 9.78. The Morgan fingerprint density at radius 1 is 1.11 bits per heavy atom. The molecule has 0 atom stereocenters. The highest BCUT2D eigenvalue weighted by Crippen LogP contribution is 2.23. The molecule has 0 fully saturated rings. The minimum atomic E-state index is -0.149. The van der Waals surface area contributed by atoms with Gasteiger partial charge >= 0.3 is 0 Å². The van der Waals surface area contributed by atoms with Crippen LogP contribution in [0.15, 0.2) is 66.0 Å². The summed E-state index contributed by atoms with van der Waals surface area (Å²) in [5.74, 6) is 0.650. The van der Waals surface area contributed by atoms with E-state index < -0.39 is 0 Å². The van der Waals surface area contributed by atoms with Crippen molar-refractivity contribution >= 4 is 17.7 Å². The zero-order valence-corrected chi connectivity index (χ0v) is 16.1. The van der Waals surface area contributed by atoms with Gasteiger partial charge in [0.15, 0.2) is 5.16 Å². The molecule has 3 rings (SSSR count). The second-order valence-electron chi connectivity index (χ2n) is 6.31. The van der Waals surface area contributed by atoms with Crippen LogP contribution in [0.25, 0.3) is 0 Å². The summed E-state index contributed by atoms with van der Waals surface area (Å²) in [6.45, 7) is 2.53. The van der Waals surface area contributed by atoms with Gasteiger partial charge in [0.05, 0.1) is 18.5 Å². The van der Waals surface area contributed by atoms with Crippen LogP contribution in [0.1, 0.15) is 22.4 Å². The van der Waals surface area contributed by atoms with E-state index in [-0.39, 0.29) is 19.1 Å². The zero-order valence-electron chi connectivity index (χ0n) is 15.3. The van der Waals surface area contributed by atoms with E-state index in [0.29, 0.717) is 12.2 Å². The molecule has 0 bridgehead atoms. The van der Waals surface area contributed by atoms with Gasteiger partial charge in [-0.3, -0.25) is 4.79 Å². The summed E-state index contributed by atoms with van der Waals surface area (Å²) in [6.07, 6.45) is 1.63. The molecule has 140 valence electrons. The Labute approximate surface area is 163 Å². The number of hydrogen-bond acceptors (Lipinski definition) is 4. The van der Waals surface area contributed by atoms with Crippen LogP contribution in [0.4, 0.5) is 0 Å². The summed E-state index contributed by atoms with van der Waals surface area (Å²) in [7, 11) is 0. The summed E-state index contributed by atoms with van der Waals surface area (Å²) >= 11 is 1.56. The number of hydrogen-bond donors (Lipinski definition) is 2. The van der Waals surface area contributed by atoms with Crippen molar-refractivity contribution in [2.75, 3.05) is 0 Å². The fourth-order valence-electron chi connectivity index (χ4n) is 2.63. The molecule has 0 aliphatic carbocycles. The van der Waals surface area contributed by atoms with E-state index in [4.69, 9.17) is 0 Å². The van der Waals surface area contributed by atoms with E-state index in [1.807, 2.05) is 30.3 Å². The molecule has 1 aromatic heterocycles. The molecular formula is C21H23N3O2S. The van der Waals surface area contributed by atoms with E-state index in [0.717, 1.165) is 16.5 Å². The lowest BCUT2D eigenvalue weighted by Gasteiger charge is -2.11. The van der Waals surface area contributed by atoms with Crippen LogP contribution in [-0.4, -0.2) is 20.6 Å². The lowest BCUT2D eigenvalue weighted by molar-refractivity contribution is -0.122. The van der Waals surface area contributed by atoms with Crippen molar-refractivity contribution in [3.8, 4) is 0 Å². The maximum atomic E-state index is 12.4. The molecule has 27 heavy (non-hydrogen) atoms. The van der Waals surface area contributed by atoms with Gasteiger partial charge in [-0.15, -0.1) is 0 Å². The van der Waals surface area contributed by atoms with Gasteiger partial charge in [0.25, 0.3) is 0 Å². The molecule has 1 amide bonds. The minimum absolute atomic E-state index is 0.108. The fraction of sp³-hybridized carbons (Fsp3) is 0.238. The van der Waals surface area contributed by atoms with Gasteiger partial charge in [0, 0.05) is 12.3 Å². The predicted molar refractivity (Wildman–Crippen MR) is 107 cm³/mol. The SMILES string of the molecule is Cc1ccc(CSc2ncc(CO)n2CC(=O)NCc2ccccc2)cc1. The highest BCUT2D eigenvalue weighted by Gasteiger charge is 2.13. The van der Waals surface area contributed by atoms with Gasteiger partial charge in [0.1, 0.15) is 6.54 Å². The number of imidazole rings is 1. The molecule has 2 N–H and O–H groups in total. The molecule has 1 heterocycles. The fourth-order valence-corrected chi connectivity index (χ4v) is 3.58. The molecule has 5 nitrogen and oxygen atoms in total. The predicted octanol–water partition coefficient (Wildman–Crippen LogP) is 3.29. The molecule has 2 aromatic carbocycles. The van der Waals surface area contributed by atoms with E-state index in [9.17, 15) is 9.90 Å². The Kier molecular flexibility index (Phi) is 6.68. The maximum absolute atomic E-state index is 12.4. The number of carbonyl (C=O) groups is 1. The summed E-state index contributed by atoms with van der Waals surface area (Å²) < 4.78 is 1.78. The Morgan fingerprint density at radius 3 is 2.56 bits per heavy atom. The van der Waals surface area contributed by atoms with E-state index >= 15 is 0 Å². The summed E-state index contributed by atoms with van der Waals surface area (Å²) in [5, 5.41) is 13.2. The van der Waals surface area contributed by atoms with Crippen LogP contribution in [0.3, 0.4) is 0 Å². The standard InChI is InChI=1S/C21H23N3O2S/c1-16-7-9-18(10-8-16)15-27-21-23-12-19(14-25)24(21)13-20(26)22-11-17-5-3-2-4-6-17/h2-10,12,25H,11,13-15H2,1H3,(H,22,26). The van der Waals surface area contributed by atoms with Gasteiger partial charge in [-0.1, -0.05) is 71.9 Å². The molecule has 0 radical (unpaired) electrons. The molecule has 0 aliphatic heterocycles. The summed E-state index contributed by atoms with van der Waals surface area (Å²) in [4.78, 5) is 16.7. The van der Waals surface area contributed by atoms with Crippen LogP contribution in [0, 0.1) is 6.92 Å². The Bertz CT molecular complexity index is 876. The molecule has 0 unspecified atom stereocenters. The van der Waals surface area contributed by atoms with Gasteiger partial charge < -0.3 is 15.0 Å². The second-order valence-corrected chi connectivity index (χ2v) is 7.26. The van der Waals surface area contributed by atoms with Crippen LogP contribution in [0.5, 0.6) is 0 Å². The highest BCUT2D eigenvalue weighted by atomic mass is 32.2. The molecule has 0 spiro atoms. The zero-order chi connectivity index (χ0) is 19.1. The average Bonchev–Trinajstić information content (AvgIpc) is 3.08. The topological polar surface area (TPSA) is 67.2 Å². The van der Waals surface area contributed by atoms with E-state index in [1.54, 1.807) is 22.5 Å². The number of thioether (sulfide) groups is 1. The van der Waals surface area contributed by atoms with Crippen molar-refractivity contribution in [1.82, 2.24) is 14.9 Å². The second kappa shape index (κ2) is 9.39. The van der Waals surface area contributed by atoms with E-state index in [1.165, 1.54) is 11.1 Å². The lowest BCUT2D eigenvalue weighted by atomic mass is 10.2. The number of aliphatic hydroxyl groups excluding tert-OH is 1. The number of benzene rings is 2. The van der Waals surface area contributed by atoms with Crippen LogP contribution >= 0.6 is 11.8 Å². The number of nitrogens with zero attached hydrogens (tertiary/aromatic N) is 2.